The highest BCUT2D eigenvalue weighted by atomic mass is 35.5. The molecule has 1 atom stereocenters. The molecule has 17 heavy (non-hydrogen) atoms. The van der Waals surface area contributed by atoms with Gasteiger partial charge in [-0.15, -0.1) is 10.2 Å². The number of anilines is 1. The van der Waals surface area contributed by atoms with Crippen LogP contribution in [-0.2, 0) is 0 Å². The summed E-state index contributed by atoms with van der Waals surface area (Å²) >= 11 is 11.6. The van der Waals surface area contributed by atoms with Crippen LogP contribution in [0.25, 0.3) is 0 Å². The lowest BCUT2D eigenvalue weighted by Gasteiger charge is -2.16. The Morgan fingerprint density at radius 3 is 2.76 bits per heavy atom. The van der Waals surface area contributed by atoms with E-state index in [9.17, 15) is 0 Å². The number of halogens is 2. The lowest BCUT2D eigenvalue weighted by Crippen LogP contribution is -2.28. The molecule has 0 radical (unpaired) electrons. The molecule has 1 aromatic rings. The van der Waals surface area contributed by atoms with E-state index < -0.39 is 0 Å². The largest absolute Gasteiger partial charge is 0.363 e. The number of rotatable bonds is 3. The minimum absolute atomic E-state index is 0.119. The molecular weight excluding hydrogens is 261 g/mol. The zero-order valence-corrected chi connectivity index (χ0v) is 10.7. The van der Waals surface area contributed by atoms with E-state index in [2.05, 4.69) is 25.4 Å². The van der Waals surface area contributed by atoms with E-state index in [1.807, 2.05) is 0 Å². The van der Waals surface area contributed by atoms with E-state index in [-0.39, 0.29) is 10.4 Å². The first-order valence-electron chi connectivity index (χ1n) is 5.78. The molecule has 7 heteroatoms. The van der Waals surface area contributed by atoms with Gasteiger partial charge >= 0.3 is 0 Å². The number of nitrogens with one attached hydrogen (secondary N) is 1. The first-order valence-corrected chi connectivity index (χ1v) is 6.54. The van der Waals surface area contributed by atoms with E-state index in [1.54, 1.807) is 0 Å². The highest BCUT2D eigenvalue weighted by Gasteiger charge is 2.34. The van der Waals surface area contributed by atoms with Gasteiger partial charge in [-0.3, -0.25) is 4.90 Å². The first-order chi connectivity index (χ1) is 8.22. The van der Waals surface area contributed by atoms with E-state index in [4.69, 9.17) is 23.2 Å². The molecule has 2 heterocycles. The number of likely N-dealkylation sites (tertiary alicyclic amines) is 1. The molecular formula is C10H13Cl2N5. The summed E-state index contributed by atoms with van der Waals surface area (Å²) in [6.45, 7) is 2.19. The third kappa shape index (κ3) is 2.61. The molecule has 0 aromatic carbocycles. The normalized spacial score (nSPS) is 25.2. The fourth-order valence-corrected chi connectivity index (χ4v) is 2.51. The predicted molar refractivity (Wildman–Crippen MR) is 66.5 cm³/mol. The molecule has 0 spiro atoms. The van der Waals surface area contributed by atoms with Crippen LogP contribution in [0.4, 0.5) is 5.82 Å². The van der Waals surface area contributed by atoms with Gasteiger partial charge in [0.2, 0.25) is 5.28 Å². The summed E-state index contributed by atoms with van der Waals surface area (Å²) in [6.07, 6.45) is 3.79. The van der Waals surface area contributed by atoms with Gasteiger partial charge in [0.1, 0.15) is 0 Å². The lowest BCUT2D eigenvalue weighted by atomic mass is 10.3. The quantitative estimate of drug-likeness (QED) is 0.911. The molecule has 1 aliphatic heterocycles. The fraction of sp³-hybridized carbons (Fsp3) is 0.700. The summed E-state index contributed by atoms with van der Waals surface area (Å²) in [4.78, 5) is 6.57. The second kappa shape index (κ2) is 4.55. The maximum Gasteiger partial charge on any atom is 0.245 e. The van der Waals surface area contributed by atoms with Crippen LogP contribution in [-0.4, -0.2) is 45.3 Å². The molecule has 1 saturated heterocycles. The summed E-state index contributed by atoms with van der Waals surface area (Å²) in [5.41, 5.74) is 0. The number of hydrogen-bond acceptors (Lipinski definition) is 5. The van der Waals surface area contributed by atoms with Crippen molar-refractivity contribution in [3.8, 4) is 0 Å². The van der Waals surface area contributed by atoms with Crippen molar-refractivity contribution in [3.63, 3.8) is 0 Å². The third-order valence-corrected chi connectivity index (χ3v) is 3.66. The first kappa shape index (κ1) is 11.4. The molecule has 3 rings (SSSR count). The molecule has 1 aromatic heterocycles. The van der Waals surface area contributed by atoms with Gasteiger partial charge in [-0.2, -0.15) is 4.98 Å². The van der Waals surface area contributed by atoms with Gasteiger partial charge in [-0.25, -0.2) is 0 Å². The van der Waals surface area contributed by atoms with Crippen molar-refractivity contribution in [1.82, 2.24) is 20.1 Å². The van der Waals surface area contributed by atoms with Crippen molar-refractivity contribution in [3.05, 3.63) is 10.4 Å². The zero-order chi connectivity index (χ0) is 11.8. The maximum atomic E-state index is 5.92. The van der Waals surface area contributed by atoms with Crippen LogP contribution in [0.2, 0.25) is 10.4 Å². The minimum Gasteiger partial charge on any atom is -0.363 e. The van der Waals surface area contributed by atoms with Crippen LogP contribution in [0, 0.1) is 0 Å². The van der Waals surface area contributed by atoms with Crippen molar-refractivity contribution in [1.29, 1.82) is 0 Å². The summed E-state index contributed by atoms with van der Waals surface area (Å²) in [5.74, 6) is 0.536. The highest BCUT2D eigenvalue weighted by Crippen LogP contribution is 2.30. The fourth-order valence-electron chi connectivity index (χ4n) is 2.25. The molecule has 5 nitrogen and oxygen atoms in total. The topological polar surface area (TPSA) is 53.9 Å². The van der Waals surface area contributed by atoms with Crippen molar-refractivity contribution in [2.24, 2.45) is 0 Å². The van der Waals surface area contributed by atoms with Gasteiger partial charge in [0.25, 0.3) is 0 Å². The van der Waals surface area contributed by atoms with Crippen LogP contribution in [0.1, 0.15) is 19.3 Å². The van der Waals surface area contributed by atoms with Gasteiger partial charge in [-0.05, 0) is 30.9 Å². The Balaban J connectivity index is 1.64. The van der Waals surface area contributed by atoms with E-state index in [0.717, 1.165) is 25.6 Å². The molecule has 1 unspecified atom stereocenters. The number of hydrogen-bond donors (Lipinski definition) is 1. The summed E-state index contributed by atoms with van der Waals surface area (Å²) in [7, 11) is 0. The second-order valence-electron chi connectivity index (χ2n) is 4.58. The smallest absolute Gasteiger partial charge is 0.245 e. The molecule has 1 aliphatic carbocycles. The van der Waals surface area contributed by atoms with Crippen molar-refractivity contribution in [2.75, 3.05) is 18.4 Å². The second-order valence-corrected chi connectivity index (χ2v) is 5.27. The molecule has 0 bridgehead atoms. The van der Waals surface area contributed by atoms with Crippen molar-refractivity contribution in [2.45, 2.75) is 31.3 Å². The van der Waals surface area contributed by atoms with E-state index in [1.165, 1.54) is 12.8 Å². The average Bonchev–Trinajstić information content (AvgIpc) is 3.05. The van der Waals surface area contributed by atoms with Crippen LogP contribution >= 0.6 is 23.2 Å². The molecule has 0 amide bonds. The van der Waals surface area contributed by atoms with Gasteiger partial charge in [-0.1, -0.05) is 11.6 Å². The number of nitrogens with zero attached hydrogens (tertiary/aromatic N) is 4. The van der Waals surface area contributed by atoms with E-state index >= 15 is 0 Å². The summed E-state index contributed by atoms with van der Waals surface area (Å²) in [6, 6.07) is 1.19. The maximum absolute atomic E-state index is 5.92. The molecule has 1 N–H and O–H groups in total. The third-order valence-electron chi connectivity index (χ3n) is 3.24. The van der Waals surface area contributed by atoms with Gasteiger partial charge in [0.05, 0.1) is 0 Å². The lowest BCUT2D eigenvalue weighted by molar-refractivity contribution is 0.326. The molecule has 1 saturated carbocycles. The van der Waals surface area contributed by atoms with Crippen LogP contribution in [0.15, 0.2) is 0 Å². The highest BCUT2D eigenvalue weighted by molar-refractivity contribution is 6.32. The summed E-state index contributed by atoms with van der Waals surface area (Å²) in [5, 5.41) is 11.0. The zero-order valence-electron chi connectivity index (χ0n) is 9.24. The minimum atomic E-state index is 0.119. The monoisotopic (exact) mass is 273 g/mol. The Morgan fingerprint density at radius 2 is 2.00 bits per heavy atom. The van der Waals surface area contributed by atoms with Crippen LogP contribution < -0.4 is 5.32 Å². The van der Waals surface area contributed by atoms with Gasteiger partial charge in [0, 0.05) is 25.2 Å². The molecule has 2 fully saturated rings. The molecule has 2 aliphatic rings. The molecule has 92 valence electrons. The van der Waals surface area contributed by atoms with Crippen LogP contribution in [0.5, 0.6) is 0 Å². The predicted octanol–water partition coefficient (Wildman–Crippen LogP) is 1.83. The Hall–Kier alpha value is -0.650. The van der Waals surface area contributed by atoms with Gasteiger partial charge < -0.3 is 5.32 Å². The Morgan fingerprint density at radius 1 is 1.18 bits per heavy atom. The SMILES string of the molecule is Clc1nnc(Cl)c(NC2CCN(C3CC3)C2)n1. The Kier molecular flexibility index (Phi) is 3.06. The van der Waals surface area contributed by atoms with E-state index in [0.29, 0.717) is 11.9 Å². The standard InChI is InChI=1S/C10H13Cl2N5/c11-8-9(14-10(12)16-15-8)13-6-3-4-17(5-6)7-1-2-7/h6-7H,1-5H2,(H,13,14,16). The van der Waals surface area contributed by atoms with Crippen molar-refractivity contribution < 1.29 is 0 Å². The van der Waals surface area contributed by atoms with Crippen molar-refractivity contribution >= 4 is 29.0 Å². The number of aromatic nitrogens is 3. The Bertz CT molecular complexity index is 423. The summed E-state index contributed by atoms with van der Waals surface area (Å²) < 4.78 is 0. The average molecular weight is 274 g/mol. The van der Waals surface area contributed by atoms with Gasteiger partial charge in [0.15, 0.2) is 11.0 Å². The Labute approximate surface area is 110 Å². The van der Waals surface area contributed by atoms with Crippen LogP contribution in [0.3, 0.4) is 0 Å².